The van der Waals surface area contributed by atoms with E-state index in [4.69, 9.17) is 0 Å². The van der Waals surface area contributed by atoms with E-state index in [1.807, 2.05) is 24.3 Å². The van der Waals surface area contributed by atoms with E-state index in [-0.39, 0.29) is 11.4 Å². The van der Waals surface area contributed by atoms with Gasteiger partial charge in [0.2, 0.25) is 0 Å². The molecule has 0 saturated heterocycles. The molecule has 0 radical (unpaired) electrons. The van der Waals surface area contributed by atoms with Crippen molar-refractivity contribution in [3.63, 3.8) is 0 Å². The van der Waals surface area contributed by atoms with Crippen molar-refractivity contribution in [3.05, 3.63) is 51.7 Å². The summed E-state index contributed by atoms with van der Waals surface area (Å²) in [6.07, 6.45) is 4.37. The highest BCUT2D eigenvalue weighted by Gasteiger charge is 2.38. The van der Waals surface area contributed by atoms with Crippen LogP contribution in [0.25, 0.3) is 10.2 Å². The molecule has 22 heavy (non-hydrogen) atoms. The number of para-hydroxylation sites is 1. The molecule has 0 spiro atoms. The van der Waals surface area contributed by atoms with E-state index in [2.05, 4.69) is 27.8 Å². The number of rotatable bonds is 3. The summed E-state index contributed by atoms with van der Waals surface area (Å²) in [5.74, 6) is -0.0449. The van der Waals surface area contributed by atoms with Gasteiger partial charge < -0.3 is 5.32 Å². The molecule has 1 aliphatic rings. The Balaban J connectivity index is 1.65. The van der Waals surface area contributed by atoms with E-state index in [0.29, 0.717) is 5.01 Å². The second kappa shape index (κ2) is 5.48. The number of carbonyl (C=O) groups excluding carboxylic acids is 1. The summed E-state index contributed by atoms with van der Waals surface area (Å²) in [6, 6.07) is 12.1. The van der Waals surface area contributed by atoms with Gasteiger partial charge in [-0.2, -0.15) is 0 Å². The first-order valence-electron chi connectivity index (χ1n) is 7.49. The standard InChI is InChI=1S/C17H16N2OS2/c20-15(16-18-12-6-1-2-7-13(12)22-16)19-17(9-3-4-10-17)14-8-5-11-21-14/h1-2,5-8,11H,3-4,9-10H2,(H,19,20). The van der Waals surface area contributed by atoms with Crippen molar-refractivity contribution in [1.82, 2.24) is 10.3 Å². The lowest BCUT2D eigenvalue weighted by Crippen LogP contribution is -2.43. The summed E-state index contributed by atoms with van der Waals surface area (Å²) in [7, 11) is 0. The van der Waals surface area contributed by atoms with E-state index in [9.17, 15) is 4.79 Å². The fourth-order valence-electron chi connectivity index (χ4n) is 3.20. The molecule has 112 valence electrons. The van der Waals surface area contributed by atoms with Crippen LogP contribution in [-0.4, -0.2) is 10.9 Å². The molecule has 4 rings (SSSR count). The van der Waals surface area contributed by atoms with Gasteiger partial charge in [-0.15, -0.1) is 22.7 Å². The molecule has 1 amide bonds. The molecular weight excluding hydrogens is 312 g/mol. The highest BCUT2D eigenvalue weighted by Crippen LogP contribution is 2.41. The van der Waals surface area contributed by atoms with E-state index in [1.54, 1.807) is 11.3 Å². The SMILES string of the molecule is O=C(NC1(c2cccs2)CCCC1)c1nc2ccccc2s1. The molecule has 0 atom stereocenters. The molecule has 0 aliphatic heterocycles. The Morgan fingerprint density at radius 1 is 1.14 bits per heavy atom. The van der Waals surface area contributed by atoms with Gasteiger partial charge in [-0.25, -0.2) is 4.98 Å². The molecule has 3 aromatic rings. The van der Waals surface area contributed by atoms with E-state index >= 15 is 0 Å². The summed E-state index contributed by atoms with van der Waals surface area (Å²) in [5, 5.41) is 5.93. The lowest BCUT2D eigenvalue weighted by Gasteiger charge is -2.28. The molecule has 0 bridgehead atoms. The van der Waals surface area contributed by atoms with Gasteiger partial charge in [0.25, 0.3) is 5.91 Å². The van der Waals surface area contributed by atoms with Gasteiger partial charge in [0.1, 0.15) is 0 Å². The number of amides is 1. The summed E-state index contributed by atoms with van der Waals surface area (Å²) in [4.78, 5) is 18.5. The first-order chi connectivity index (χ1) is 10.8. The van der Waals surface area contributed by atoms with Crippen LogP contribution in [-0.2, 0) is 5.54 Å². The Kier molecular flexibility index (Phi) is 3.47. The highest BCUT2D eigenvalue weighted by atomic mass is 32.1. The number of nitrogens with one attached hydrogen (secondary N) is 1. The average Bonchev–Trinajstić information content (AvgIpc) is 3.27. The Morgan fingerprint density at radius 2 is 1.95 bits per heavy atom. The van der Waals surface area contributed by atoms with Gasteiger partial charge in [-0.1, -0.05) is 31.0 Å². The molecule has 1 aromatic carbocycles. The minimum Gasteiger partial charge on any atom is -0.340 e. The van der Waals surface area contributed by atoms with Crippen molar-refractivity contribution in [3.8, 4) is 0 Å². The Labute approximate surface area is 137 Å². The predicted molar refractivity (Wildman–Crippen MR) is 91.6 cm³/mol. The van der Waals surface area contributed by atoms with Crippen molar-refractivity contribution in [1.29, 1.82) is 0 Å². The van der Waals surface area contributed by atoms with Crippen LogP contribution < -0.4 is 5.32 Å². The molecule has 3 nitrogen and oxygen atoms in total. The van der Waals surface area contributed by atoms with Crippen molar-refractivity contribution in [2.24, 2.45) is 0 Å². The fraction of sp³-hybridized carbons (Fsp3) is 0.294. The smallest absolute Gasteiger partial charge is 0.281 e. The maximum absolute atomic E-state index is 12.7. The number of nitrogens with zero attached hydrogens (tertiary/aromatic N) is 1. The van der Waals surface area contributed by atoms with Crippen molar-refractivity contribution in [2.75, 3.05) is 0 Å². The van der Waals surface area contributed by atoms with Gasteiger partial charge in [0.15, 0.2) is 5.01 Å². The monoisotopic (exact) mass is 328 g/mol. The third kappa shape index (κ3) is 2.34. The molecular formula is C17H16N2OS2. The third-order valence-electron chi connectivity index (χ3n) is 4.29. The number of fused-ring (bicyclic) bond motifs is 1. The zero-order valence-electron chi connectivity index (χ0n) is 12.0. The van der Waals surface area contributed by atoms with Gasteiger partial charge in [-0.3, -0.25) is 4.79 Å². The minimum atomic E-state index is -0.191. The first kappa shape index (κ1) is 13.9. The molecule has 1 saturated carbocycles. The Bertz CT molecular complexity index is 768. The van der Waals surface area contributed by atoms with Gasteiger partial charge in [0.05, 0.1) is 15.8 Å². The Hall–Kier alpha value is -1.72. The van der Waals surface area contributed by atoms with Gasteiger partial charge in [-0.05, 0) is 36.4 Å². The largest absolute Gasteiger partial charge is 0.340 e. The van der Waals surface area contributed by atoms with Crippen molar-refractivity contribution in [2.45, 2.75) is 31.2 Å². The van der Waals surface area contributed by atoms with Crippen molar-refractivity contribution < 1.29 is 4.79 Å². The highest BCUT2D eigenvalue weighted by molar-refractivity contribution is 7.20. The van der Waals surface area contributed by atoms with E-state index < -0.39 is 0 Å². The fourth-order valence-corrected chi connectivity index (χ4v) is 5.01. The molecule has 2 aromatic heterocycles. The second-order valence-electron chi connectivity index (χ2n) is 5.71. The summed E-state index contributed by atoms with van der Waals surface area (Å²) in [5.41, 5.74) is 0.706. The molecule has 1 N–H and O–H groups in total. The lowest BCUT2D eigenvalue weighted by atomic mass is 9.95. The number of hydrogen-bond donors (Lipinski definition) is 1. The summed E-state index contributed by atoms with van der Waals surface area (Å²) < 4.78 is 1.06. The molecule has 1 aliphatic carbocycles. The molecule has 5 heteroatoms. The normalized spacial score (nSPS) is 16.9. The van der Waals surface area contributed by atoms with Crippen LogP contribution in [0.2, 0.25) is 0 Å². The molecule has 0 unspecified atom stereocenters. The van der Waals surface area contributed by atoms with Crippen LogP contribution in [0, 0.1) is 0 Å². The number of thiophene rings is 1. The molecule has 2 heterocycles. The summed E-state index contributed by atoms with van der Waals surface area (Å²) >= 11 is 3.19. The zero-order chi connectivity index (χ0) is 15.0. The summed E-state index contributed by atoms with van der Waals surface area (Å²) in [6.45, 7) is 0. The van der Waals surface area contributed by atoms with Crippen LogP contribution >= 0.6 is 22.7 Å². The average molecular weight is 328 g/mol. The first-order valence-corrected chi connectivity index (χ1v) is 9.19. The van der Waals surface area contributed by atoms with E-state index in [1.165, 1.54) is 16.2 Å². The number of aromatic nitrogens is 1. The van der Waals surface area contributed by atoms with Crippen molar-refractivity contribution >= 4 is 38.8 Å². The topological polar surface area (TPSA) is 42.0 Å². The van der Waals surface area contributed by atoms with Crippen LogP contribution in [0.5, 0.6) is 0 Å². The van der Waals surface area contributed by atoms with Crippen LogP contribution in [0.4, 0.5) is 0 Å². The maximum atomic E-state index is 12.7. The van der Waals surface area contributed by atoms with Crippen LogP contribution in [0.1, 0.15) is 40.4 Å². The zero-order valence-corrected chi connectivity index (χ0v) is 13.7. The second-order valence-corrected chi connectivity index (χ2v) is 7.69. The van der Waals surface area contributed by atoms with Gasteiger partial charge in [0, 0.05) is 4.88 Å². The maximum Gasteiger partial charge on any atom is 0.281 e. The number of benzene rings is 1. The quantitative estimate of drug-likeness (QED) is 0.766. The molecule has 1 fully saturated rings. The number of hydrogen-bond acceptors (Lipinski definition) is 4. The van der Waals surface area contributed by atoms with Gasteiger partial charge >= 0.3 is 0 Å². The third-order valence-corrected chi connectivity index (χ3v) is 6.40. The minimum absolute atomic E-state index is 0.0449. The Morgan fingerprint density at radius 3 is 2.68 bits per heavy atom. The van der Waals surface area contributed by atoms with Crippen LogP contribution in [0.15, 0.2) is 41.8 Å². The lowest BCUT2D eigenvalue weighted by molar-refractivity contribution is 0.0900. The number of thiazole rings is 1. The van der Waals surface area contributed by atoms with E-state index in [0.717, 1.165) is 35.9 Å². The predicted octanol–water partition coefficient (Wildman–Crippen LogP) is 4.56. The number of carbonyl (C=O) groups is 1. The van der Waals surface area contributed by atoms with Crippen LogP contribution in [0.3, 0.4) is 0 Å².